The molecule has 0 N–H and O–H groups in total. The van der Waals surface area contributed by atoms with E-state index >= 15 is 0 Å². The average molecular weight is 311 g/mol. The zero-order valence-corrected chi connectivity index (χ0v) is 14.7. The van der Waals surface area contributed by atoms with E-state index in [2.05, 4.69) is 74.4 Å². The minimum Gasteiger partial charge on any atom is -0.493 e. The standard InChI is InChI=1S/C21H29NO/c1-18-12-11-15-20(21(18)19-13-7-6-8-14-19)23-17-10-5-4-9-16-22(2)3/h6-8,11-15H,4-5,9-10,16-17H2,1-3H3. The summed E-state index contributed by atoms with van der Waals surface area (Å²) in [4.78, 5) is 2.25. The number of aryl methyl sites for hydroxylation is 1. The van der Waals surface area contributed by atoms with Gasteiger partial charge in [0, 0.05) is 5.56 Å². The summed E-state index contributed by atoms with van der Waals surface area (Å²) in [5.41, 5.74) is 3.71. The van der Waals surface area contributed by atoms with E-state index in [0.717, 1.165) is 18.8 Å². The van der Waals surface area contributed by atoms with Gasteiger partial charge >= 0.3 is 0 Å². The fraction of sp³-hybridized carbons (Fsp3) is 0.429. The van der Waals surface area contributed by atoms with Crippen molar-refractivity contribution in [1.82, 2.24) is 4.90 Å². The predicted molar refractivity (Wildman–Crippen MR) is 99.1 cm³/mol. The second kappa shape index (κ2) is 9.36. The summed E-state index contributed by atoms with van der Waals surface area (Å²) in [6.07, 6.45) is 4.91. The molecule has 2 aromatic rings. The molecule has 2 rings (SSSR count). The van der Waals surface area contributed by atoms with Gasteiger partial charge < -0.3 is 9.64 Å². The van der Waals surface area contributed by atoms with Gasteiger partial charge in [0.05, 0.1) is 6.61 Å². The molecule has 0 amide bonds. The maximum atomic E-state index is 6.09. The molecule has 0 saturated heterocycles. The number of nitrogens with zero attached hydrogens (tertiary/aromatic N) is 1. The lowest BCUT2D eigenvalue weighted by molar-refractivity contribution is 0.303. The maximum absolute atomic E-state index is 6.09. The molecular weight excluding hydrogens is 282 g/mol. The Morgan fingerprint density at radius 3 is 2.30 bits per heavy atom. The summed E-state index contributed by atoms with van der Waals surface area (Å²) in [5, 5.41) is 0. The zero-order chi connectivity index (χ0) is 16.5. The lowest BCUT2D eigenvalue weighted by Gasteiger charge is -2.14. The summed E-state index contributed by atoms with van der Waals surface area (Å²) in [7, 11) is 4.26. The van der Waals surface area contributed by atoms with Crippen LogP contribution in [0.5, 0.6) is 5.75 Å². The molecule has 0 radical (unpaired) electrons. The maximum Gasteiger partial charge on any atom is 0.127 e. The van der Waals surface area contributed by atoms with Crippen molar-refractivity contribution < 1.29 is 4.74 Å². The molecule has 0 aliphatic carbocycles. The normalized spacial score (nSPS) is 11.0. The Morgan fingerprint density at radius 2 is 1.57 bits per heavy atom. The molecule has 124 valence electrons. The van der Waals surface area contributed by atoms with Crippen LogP contribution >= 0.6 is 0 Å². The highest BCUT2D eigenvalue weighted by molar-refractivity contribution is 5.73. The first-order valence-electron chi connectivity index (χ1n) is 8.61. The van der Waals surface area contributed by atoms with Gasteiger partial charge in [0.25, 0.3) is 0 Å². The first-order chi connectivity index (χ1) is 11.2. The number of ether oxygens (including phenoxy) is 1. The summed E-state index contributed by atoms with van der Waals surface area (Å²) in [6, 6.07) is 16.8. The summed E-state index contributed by atoms with van der Waals surface area (Å²) < 4.78 is 6.09. The highest BCUT2D eigenvalue weighted by Gasteiger charge is 2.08. The van der Waals surface area contributed by atoms with Crippen LogP contribution in [0.2, 0.25) is 0 Å². The fourth-order valence-electron chi connectivity index (χ4n) is 2.80. The lowest BCUT2D eigenvalue weighted by atomic mass is 9.99. The molecule has 2 heteroatoms. The van der Waals surface area contributed by atoms with Crippen LogP contribution in [0.3, 0.4) is 0 Å². The molecule has 0 aliphatic heterocycles. The van der Waals surface area contributed by atoms with Crippen LogP contribution < -0.4 is 4.74 Å². The average Bonchev–Trinajstić information content (AvgIpc) is 2.54. The third kappa shape index (κ3) is 5.72. The van der Waals surface area contributed by atoms with Crippen molar-refractivity contribution in [3.05, 3.63) is 54.1 Å². The second-order valence-electron chi connectivity index (χ2n) is 6.38. The Bertz CT molecular complexity index is 578. The van der Waals surface area contributed by atoms with Crippen molar-refractivity contribution in [1.29, 1.82) is 0 Å². The van der Waals surface area contributed by atoms with Crippen LogP contribution in [0.25, 0.3) is 11.1 Å². The molecule has 0 atom stereocenters. The minimum absolute atomic E-state index is 0.797. The molecule has 23 heavy (non-hydrogen) atoms. The van der Waals surface area contributed by atoms with Gasteiger partial charge in [-0.1, -0.05) is 55.3 Å². The van der Waals surface area contributed by atoms with E-state index in [0.29, 0.717) is 0 Å². The van der Waals surface area contributed by atoms with E-state index in [-0.39, 0.29) is 0 Å². The molecular formula is C21H29NO. The summed E-state index contributed by atoms with van der Waals surface area (Å²) in [5.74, 6) is 1.00. The number of benzene rings is 2. The Kier molecular flexibility index (Phi) is 7.15. The highest BCUT2D eigenvalue weighted by Crippen LogP contribution is 2.33. The Hall–Kier alpha value is -1.80. The molecule has 0 saturated carbocycles. The summed E-state index contributed by atoms with van der Waals surface area (Å²) in [6.45, 7) is 4.12. The number of unbranched alkanes of at least 4 members (excludes halogenated alkanes) is 3. The lowest BCUT2D eigenvalue weighted by Crippen LogP contribution is -2.12. The van der Waals surface area contributed by atoms with E-state index in [4.69, 9.17) is 4.74 Å². The van der Waals surface area contributed by atoms with Gasteiger partial charge in [-0.15, -0.1) is 0 Å². The van der Waals surface area contributed by atoms with Crippen molar-refractivity contribution in [2.45, 2.75) is 32.6 Å². The first-order valence-corrected chi connectivity index (χ1v) is 8.61. The van der Waals surface area contributed by atoms with E-state index in [9.17, 15) is 0 Å². The molecule has 0 aliphatic rings. The van der Waals surface area contributed by atoms with Crippen LogP contribution in [0.4, 0.5) is 0 Å². The smallest absolute Gasteiger partial charge is 0.127 e. The first kappa shape index (κ1) is 17.6. The second-order valence-corrected chi connectivity index (χ2v) is 6.38. The van der Waals surface area contributed by atoms with Crippen LogP contribution in [0, 0.1) is 6.92 Å². The van der Waals surface area contributed by atoms with Crippen molar-refractivity contribution in [3.63, 3.8) is 0 Å². The topological polar surface area (TPSA) is 12.5 Å². The van der Waals surface area contributed by atoms with Crippen LogP contribution in [0.15, 0.2) is 48.5 Å². The molecule has 0 aromatic heterocycles. The Morgan fingerprint density at radius 1 is 0.826 bits per heavy atom. The van der Waals surface area contributed by atoms with Crippen LogP contribution in [-0.4, -0.2) is 32.1 Å². The monoisotopic (exact) mass is 311 g/mol. The van der Waals surface area contributed by atoms with Gasteiger partial charge in [0.1, 0.15) is 5.75 Å². The molecule has 0 fully saturated rings. The van der Waals surface area contributed by atoms with Crippen molar-refractivity contribution in [2.75, 3.05) is 27.2 Å². The zero-order valence-electron chi connectivity index (χ0n) is 14.7. The molecule has 0 unspecified atom stereocenters. The van der Waals surface area contributed by atoms with Gasteiger partial charge in [0.15, 0.2) is 0 Å². The highest BCUT2D eigenvalue weighted by atomic mass is 16.5. The van der Waals surface area contributed by atoms with Gasteiger partial charge in [-0.25, -0.2) is 0 Å². The third-order valence-corrected chi connectivity index (χ3v) is 4.05. The SMILES string of the molecule is Cc1cccc(OCCCCCCN(C)C)c1-c1ccccc1. The number of rotatable bonds is 9. The van der Waals surface area contributed by atoms with E-state index in [1.165, 1.54) is 42.5 Å². The largest absolute Gasteiger partial charge is 0.493 e. The van der Waals surface area contributed by atoms with Gasteiger partial charge in [-0.05, 0) is 57.6 Å². The minimum atomic E-state index is 0.797. The molecule has 0 spiro atoms. The van der Waals surface area contributed by atoms with E-state index < -0.39 is 0 Å². The van der Waals surface area contributed by atoms with Crippen LogP contribution in [0.1, 0.15) is 31.2 Å². The third-order valence-electron chi connectivity index (χ3n) is 4.05. The van der Waals surface area contributed by atoms with Gasteiger partial charge in [-0.3, -0.25) is 0 Å². The molecule has 2 nitrogen and oxygen atoms in total. The fourth-order valence-corrected chi connectivity index (χ4v) is 2.80. The number of hydrogen-bond donors (Lipinski definition) is 0. The van der Waals surface area contributed by atoms with E-state index in [1.54, 1.807) is 0 Å². The van der Waals surface area contributed by atoms with Crippen molar-refractivity contribution in [3.8, 4) is 16.9 Å². The molecule has 0 bridgehead atoms. The van der Waals surface area contributed by atoms with Gasteiger partial charge in [-0.2, -0.15) is 0 Å². The van der Waals surface area contributed by atoms with Crippen molar-refractivity contribution in [2.24, 2.45) is 0 Å². The molecule has 2 aromatic carbocycles. The van der Waals surface area contributed by atoms with Crippen LogP contribution in [-0.2, 0) is 0 Å². The van der Waals surface area contributed by atoms with Gasteiger partial charge in [0.2, 0.25) is 0 Å². The quantitative estimate of drug-likeness (QED) is 0.593. The Balaban J connectivity index is 1.87. The summed E-state index contributed by atoms with van der Waals surface area (Å²) >= 11 is 0. The molecule has 0 heterocycles. The van der Waals surface area contributed by atoms with E-state index in [1.807, 2.05) is 0 Å². The number of hydrogen-bond acceptors (Lipinski definition) is 2. The Labute approximate surface area is 141 Å². The predicted octanol–water partition coefficient (Wildman–Crippen LogP) is 5.16. The van der Waals surface area contributed by atoms with Crippen molar-refractivity contribution >= 4 is 0 Å².